The predicted molar refractivity (Wildman–Crippen MR) is 180 cm³/mol. The van der Waals surface area contributed by atoms with E-state index < -0.39 is 0 Å². The SMILES string of the molecule is Cc1ccc(C#N)c(N(c2ccccc2)c2ccc(-c3ccc(N(c4ccccc4)c4cc(C)ccc4C#N)cc3)cc2)c1. The van der Waals surface area contributed by atoms with E-state index in [1.165, 1.54) is 0 Å². The van der Waals surface area contributed by atoms with E-state index >= 15 is 0 Å². The maximum absolute atomic E-state index is 9.90. The van der Waals surface area contributed by atoms with E-state index in [1.807, 2.05) is 74.5 Å². The third-order valence-electron chi connectivity index (χ3n) is 7.64. The van der Waals surface area contributed by atoms with E-state index in [-0.39, 0.29) is 0 Å². The summed E-state index contributed by atoms with van der Waals surface area (Å²) >= 11 is 0. The molecule has 0 saturated heterocycles. The summed E-state index contributed by atoms with van der Waals surface area (Å²) in [6.07, 6.45) is 0. The highest BCUT2D eigenvalue weighted by Crippen LogP contribution is 2.40. The second-order valence-electron chi connectivity index (χ2n) is 10.7. The first-order chi connectivity index (χ1) is 21.6. The number of aryl methyl sites for hydroxylation is 2. The van der Waals surface area contributed by atoms with Gasteiger partial charge in [-0.25, -0.2) is 0 Å². The van der Waals surface area contributed by atoms with Crippen LogP contribution in [0.4, 0.5) is 34.1 Å². The number of nitriles is 2. The molecule has 4 nitrogen and oxygen atoms in total. The molecule has 4 heteroatoms. The molecule has 0 unspecified atom stereocenters. The van der Waals surface area contributed by atoms with Gasteiger partial charge in [-0.05, 0) is 109 Å². The Labute approximate surface area is 258 Å². The molecule has 0 aliphatic heterocycles. The van der Waals surface area contributed by atoms with Crippen molar-refractivity contribution in [1.29, 1.82) is 10.5 Å². The summed E-state index contributed by atoms with van der Waals surface area (Å²) < 4.78 is 0. The van der Waals surface area contributed by atoms with Gasteiger partial charge in [0.15, 0.2) is 0 Å². The largest absolute Gasteiger partial charge is 0.309 e. The summed E-state index contributed by atoms with van der Waals surface area (Å²) in [7, 11) is 0. The molecular weight excluding hydrogens is 536 g/mol. The first-order valence-corrected chi connectivity index (χ1v) is 14.5. The molecule has 6 aromatic rings. The average molecular weight is 567 g/mol. The molecule has 44 heavy (non-hydrogen) atoms. The molecule has 0 saturated carbocycles. The molecule has 0 N–H and O–H groups in total. The Balaban J connectivity index is 1.37. The zero-order valence-electron chi connectivity index (χ0n) is 24.6. The fourth-order valence-corrected chi connectivity index (χ4v) is 5.46. The molecule has 0 heterocycles. The Morgan fingerprint density at radius 1 is 0.409 bits per heavy atom. The molecule has 0 atom stereocenters. The van der Waals surface area contributed by atoms with Gasteiger partial charge in [-0.1, -0.05) is 72.8 Å². The second-order valence-corrected chi connectivity index (χ2v) is 10.7. The van der Waals surface area contributed by atoms with Crippen molar-refractivity contribution in [2.75, 3.05) is 9.80 Å². The van der Waals surface area contributed by atoms with Crippen LogP contribution in [-0.2, 0) is 0 Å². The van der Waals surface area contributed by atoms with Crippen LogP contribution >= 0.6 is 0 Å². The lowest BCUT2D eigenvalue weighted by atomic mass is 10.0. The minimum atomic E-state index is 0.621. The van der Waals surface area contributed by atoms with Gasteiger partial charge < -0.3 is 9.80 Å². The van der Waals surface area contributed by atoms with Crippen molar-refractivity contribution in [1.82, 2.24) is 0 Å². The lowest BCUT2D eigenvalue weighted by Gasteiger charge is -2.27. The molecule has 0 amide bonds. The third kappa shape index (κ3) is 5.66. The minimum Gasteiger partial charge on any atom is -0.309 e. The van der Waals surface area contributed by atoms with Crippen LogP contribution in [0.25, 0.3) is 11.1 Å². The Morgan fingerprint density at radius 2 is 0.750 bits per heavy atom. The fourth-order valence-electron chi connectivity index (χ4n) is 5.46. The van der Waals surface area contributed by atoms with Crippen LogP contribution in [0.15, 0.2) is 146 Å². The normalized spacial score (nSPS) is 10.5. The van der Waals surface area contributed by atoms with Crippen molar-refractivity contribution >= 4 is 34.1 Å². The van der Waals surface area contributed by atoms with Crippen molar-refractivity contribution in [3.8, 4) is 23.3 Å². The first-order valence-electron chi connectivity index (χ1n) is 14.5. The van der Waals surface area contributed by atoms with Crippen LogP contribution in [0.5, 0.6) is 0 Å². The van der Waals surface area contributed by atoms with Crippen molar-refractivity contribution in [3.05, 3.63) is 168 Å². The summed E-state index contributed by atoms with van der Waals surface area (Å²) in [6, 6.07) is 53.7. The monoisotopic (exact) mass is 566 g/mol. The van der Waals surface area contributed by atoms with Gasteiger partial charge in [-0.15, -0.1) is 0 Å². The molecule has 0 aliphatic carbocycles. The number of benzene rings is 6. The van der Waals surface area contributed by atoms with Gasteiger partial charge in [-0.3, -0.25) is 0 Å². The summed E-state index contributed by atoms with van der Waals surface area (Å²) in [4.78, 5) is 4.26. The van der Waals surface area contributed by atoms with Crippen LogP contribution in [-0.4, -0.2) is 0 Å². The Hall–Kier alpha value is -6.10. The molecule has 0 fully saturated rings. The number of rotatable bonds is 7. The highest BCUT2D eigenvalue weighted by Gasteiger charge is 2.18. The summed E-state index contributed by atoms with van der Waals surface area (Å²) in [5.74, 6) is 0. The van der Waals surface area contributed by atoms with Crippen LogP contribution in [0, 0.1) is 36.5 Å². The van der Waals surface area contributed by atoms with E-state index in [9.17, 15) is 10.5 Å². The summed E-state index contributed by atoms with van der Waals surface area (Å²) in [5.41, 5.74) is 11.2. The van der Waals surface area contributed by atoms with Crippen LogP contribution in [0.1, 0.15) is 22.3 Å². The Kier molecular flexibility index (Phi) is 7.91. The number of para-hydroxylation sites is 2. The zero-order valence-corrected chi connectivity index (χ0v) is 24.6. The molecule has 6 aromatic carbocycles. The van der Waals surface area contributed by atoms with Gasteiger partial charge in [0, 0.05) is 22.7 Å². The fraction of sp³-hybridized carbons (Fsp3) is 0.0500. The molecule has 0 aromatic heterocycles. The van der Waals surface area contributed by atoms with Crippen LogP contribution < -0.4 is 9.80 Å². The molecule has 0 bridgehead atoms. The summed E-state index contributed by atoms with van der Waals surface area (Å²) in [5, 5.41) is 19.8. The van der Waals surface area contributed by atoms with Crippen molar-refractivity contribution in [2.24, 2.45) is 0 Å². The molecule has 0 radical (unpaired) electrons. The maximum Gasteiger partial charge on any atom is 0.101 e. The lowest BCUT2D eigenvalue weighted by Crippen LogP contribution is -2.12. The maximum atomic E-state index is 9.90. The highest BCUT2D eigenvalue weighted by atomic mass is 15.1. The third-order valence-corrected chi connectivity index (χ3v) is 7.64. The van der Waals surface area contributed by atoms with E-state index in [4.69, 9.17) is 0 Å². The number of anilines is 6. The standard InChI is InChI=1S/C40H30N4/c1-29-13-15-33(27-41)39(25-29)43(35-9-5-3-6-10-35)37-21-17-31(18-22-37)32-19-23-38(24-20-32)44(36-11-7-4-8-12-36)40-26-30(2)14-16-34(40)28-42/h3-26H,1-2H3. The molecule has 0 spiro atoms. The van der Waals surface area contributed by atoms with Gasteiger partial charge in [0.1, 0.15) is 12.1 Å². The van der Waals surface area contributed by atoms with Gasteiger partial charge in [0.2, 0.25) is 0 Å². The van der Waals surface area contributed by atoms with E-state index in [0.717, 1.165) is 56.4 Å². The van der Waals surface area contributed by atoms with Gasteiger partial charge in [-0.2, -0.15) is 10.5 Å². The van der Waals surface area contributed by atoms with Crippen molar-refractivity contribution in [3.63, 3.8) is 0 Å². The Morgan fingerprint density at radius 3 is 1.09 bits per heavy atom. The smallest absolute Gasteiger partial charge is 0.101 e. The van der Waals surface area contributed by atoms with Gasteiger partial charge >= 0.3 is 0 Å². The molecular formula is C40H30N4. The number of hydrogen-bond donors (Lipinski definition) is 0. The van der Waals surface area contributed by atoms with E-state index in [0.29, 0.717) is 11.1 Å². The Bertz CT molecular complexity index is 1830. The number of nitrogens with zero attached hydrogens (tertiary/aromatic N) is 4. The lowest BCUT2D eigenvalue weighted by molar-refractivity contribution is 1.25. The van der Waals surface area contributed by atoms with Crippen molar-refractivity contribution in [2.45, 2.75) is 13.8 Å². The second kappa shape index (κ2) is 12.4. The average Bonchev–Trinajstić information content (AvgIpc) is 3.07. The zero-order chi connectivity index (χ0) is 30.5. The van der Waals surface area contributed by atoms with E-state index in [1.54, 1.807) is 0 Å². The predicted octanol–water partition coefficient (Wildman–Crippen LogP) is 10.7. The number of hydrogen-bond acceptors (Lipinski definition) is 4. The molecule has 0 aliphatic rings. The van der Waals surface area contributed by atoms with E-state index in [2.05, 4.69) is 107 Å². The quantitative estimate of drug-likeness (QED) is 0.193. The topological polar surface area (TPSA) is 54.1 Å². The minimum absolute atomic E-state index is 0.621. The molecule has 6 rings (SSSR count). The first kappa shape index (κ1) is 28.0. The van der Waals surface area contributed by atoms with Gasteiger partial charge in [0.25, 0.3) is 0 Å². The highest BCUT2D eigenvalue weighted by molar-refractivity contribution is 5.83. The van der Waals surface area contributed by atoms with Crippen LogP contribution in [0.2, 0.25) is 0 Å². The summed E-state index contributed by atoms with van der Waals surface area (Å²) in [6.45, 7) is 4.08. The molecule has 210 valence electrons. The van der Waals surface area contributed by atoms with Gasteiger partial charge in [0.05, 0.1) is 22.5 Å². The van der Waals surface area contributed by atoms with Crippen LogP contribution in [0.3, 0.4) is 0 Å². The van der Waals surface area contributed by atoms with Crippen molar-refractivity contribution < 1.29 is 0 Å².